The molecule has 0 radical (unpaired) electrons. The topological polar surface area (TPSA) is 57.5 Å². The lowest BCUT2D eigenvalue weighted by molar-refractivity contribution is -0.125. The quantitative estimate of drug-likeness (QED) is 0.724. The van der Waals surface area contributed by atoms with E-state index < -0.39 is 12.0 Å². The van der Waals surface area contributed by atoms with Crippen LogP contribution < -0.4 is 0 Å². The van der Waals surface area contributed by atoms with Gasteiger partial charge in [0.25, 0.3) is 0 Å². The van der Waals surface area contributed by atoms with Gasteiger partial charge < -0.3 is 10.2 Å². The average molecular weight is 238 g/mol. The molecule has 0 aromatic carbocycles. The number of unbranched alkanes of at least 4 members (excludes halogenated alkanes) is 2. The molecular formula is C14H22O3. The van der Waals surface area contributed by atoms with Crippen molar-refractivity contribution in [3.8, 4) is 0 Å². The monoisotopic (exact) mass is 238 g/mol. The van der Waals surface area contributed by atoms with Crippen LogP contribution in [0.15, 0.2) is 23.0 Å². The van der Waals surface area contributed by atoms with Crippen LogP contribution in [0, 0.1) is 5.92 Å². The molecule has 1 rings (SSSR count). The van der Waals surface area contributed by atoms with Crippen molar-refractivity contribution in [2.24, 2.45) is 5.92 Å². The Kier molecular flexibility index (Phi) is 4.94. The summed E-state index contributed by atoms with van der Waals surface area (Å²) in [4.78, 5) is 12.0. The van der Waals surface area contributed by atoms with Gasteiger partial charge in [0.2, 0.25) is 0 Å². The van der Waals surface area contributed by atoms with Crippen molar-refractivity contribution in [2.75, 3.05) is 0 Å². The Morgan fingerprint density at radius 1 is 1.35 bits per heavy atom. The Hall–Kier alpha value is -1.09. The average Bonchev–Trinajstić information content (AvgIpc) is 2.26. The first-order valence-electron chi connectivity index (χ1n) is 6.27. The molecule has 0 amide bonds. The molecule has 2 N–H and O–H groups in total. The van der Waals surface area contributed by atoms with E-state index in [9.17, 15) is 15.0 Å². The number of allylic oxidation sites excluding steroid dienone is 2. The van der Waals surface area contributed by atoms with Gasteiger partial charge in [-0.3, -0.25) is 4.79 Å². The molecule has 0 aliphatic heterocycles. The van der Waals surface area contributed by atoms with E-state index in [1.54, 1.807) is 13.0 Å². The van der Waals surface area contributed by atoms with Gasteiger partial charge in [0.1, 0.15) is 17.5 Å². The van der Waals surface area contributed by atoms with Gasteiger partial charge in [-0.05, 0) is 37.5 Å². The van der Waals surface area contributed by atoms with Crippen molar-refractivity contribution in [3.63, 3.8) is 0 Å². The highest BCUT2D eigenvalue weighted by molar-refractivity contribution is 5.85. The second-order valence-electron chi connectivity index (χ2n) is 4.78. The van der Waals surface area contributed by atoms with Crippen molar-refractivity contribution in [3.05, 3.63) is 23.0 Å². The summed E-state index contributed by atoms with van der Waals surface area (Å²) in [7, 11) is 0. The zero-order valence-corrected chi connectivity index (χ0v) is 10.9. The Balaban J connectivity index is 2.72. The first kappa shape index (κ1) is 14.0. The zero-order chi connectivity index (χ0) is 13.0. The molecule has 0 saturated carbocycles. The third-order valence-corrected chi connectivity index (χ3v) is 3.44. The summed E-state index contributed by atoms with van der Waals surface area (Å²) in [5.41, 5.74) is 1.62. The minimum Gasteiger partial charge on any atom is -0.511 e. The van der Waals surface area contributed by atoms with Crippen LogP contribution in [0.25, 0.3) is 0 Å². The molecule has 0 saturated heterocycles. The highest BCUT2D eigenvalue weighted by Crippen LogP contribution is 2.29. The van der Waals surface area contributed by atoms with Crippen LogP contribution in [-0.2, 0) is 4.79 Å². The van der Waals surface area contributed by atoms with Crippen LogP contribution in [0.3, 0.4) is 0 Å². The van der Waals surface area contributed by atoms with E-state index in [4.69, 9.17) is 0 Å². The normalized spacial score (nSPS) is 24.8. The van der Waals surface area contributed by atoms with Gasteiger partial charge in [-0.1, -0.05) is 19.8 Å². The van der Waals surface area contributed by atoms with Crippen LogP contribution in [0.1, 0.15) is 46.5 Å². The second-order valence-corrected chi connectivity index (χ2v) is 4.78. The fraction of sp³-hybridized carbons (Fsp3) is 0.643. The van der Waals surface area contributed by atoms with Crippen molar-refractivity contribution in [2.45, 2.75) is 52.6 Å². The van der Waals surface area contributed by atoms with Gasteiger partial charge in [-0.25, -0.2) is 0 Å². The molecule has 0 bridgehead atoms. The summed E-state index contributed by atoms with van der Waals surface area (Å²) in [6.07, 6.45) is 4.04. The van der Waals surface area contributed by atoms with Gasteiger partial charge in [-0.15, -0.1) is 0 Å². The van der Waals surface area contributed by atoms with Crippen LogP contribution in [0.2, 0.25) is 0 Å². The maximum Gasteiger partial charge on any atom is 0.146 e. The summed E-state index contributed by atoms with van der Waals surface area (Å²) < 4.78 is 0. The number of aliphatic hydroxyl groups excluding tert-OH is 2. The molecular weight excluding hydrogens is 216 g/mol. The Morgan fingerprint density at radius 2 is 2.00 bits per heavy atom. The molecule has 17 heavy (non-hydrogen) atoms. The number of hydrogen-bond donors (Lipinski definition) is 2. The number of carbonyl (C=O) groups excluding carboxylic acids is 1. The summed E-state index contributed by atoms with van der Waals surface area (Å²) in [5, 5.41) is 19.8. The highest BCUT2D eigenvalue weighted by atomic mass is 16.3. The maximum atomic E-state index is 12.0. The molecule has 0 aromatic heterocycles. The van der Waals surface area contributed by atoms with Gasteiger partial charge in [0.15, 0.2) is 0 Å². The lowest BCUT2D eigenvalue weighted by Gasteiger charge is -2.27. The SMILES string of the molecule is CCCCCC(=O)C1C(O)=CC(C)=C(C)C1O. The number of carbonyl (C=O) groups is 1. The molecule has 3 nitrogen and oxygen atoms in total. The van der Waals surface area contributed by atoms with Gasteiger partial charge >= 0.3 is 0 Å². The van der Waals surface area contributed by atoms with Crippen LogP contribution in [0.4, 0.5) is 0 Å². The Bertz CT molecular complexity index is 352. The summed E-state index contributed by atoms with van der Waals surface area (Å²) in [5.74, 6) is -0.816. The number of Topliss-reactive ketones (excluding diaryl/α,β-unsaturated/α-hetero) is 1. The first-order valence-corrected chi connectivity index (χ1v) is 6.27. The minimum atomic E-state index is -0.867. The number of ketones is 1. The van der Waals surface area contributed by atoms with Crippen molar-refractivity contribution >= 4 is 5.78 Å². The smallest absolute Gasteiger partial charge is 0.146 e. The van der Waals surface area contributed by atoms with E-state index in [0.717, 1.165) is 30.4 Å². The number of aliphatic hydroxyl groups is 2. The van der Waals surface area contributed by atoms with Crippen LogP contribution in [-0.4, -0.2) is 22.1 Å². The first-order chi connectivity index (χ1) is 7.99. The molecule has 0 fully saturated rings. The lowest BCUT2D eigenvalue weighted by Crippen LogP contribution is -2.33. The molecule has 0 aromatic rings. The minimum absolute atomic E-state index is 0.00194. The maximum absolute atomic E-state index is 12.0. The predicted octanol–water partition coefficient (Wildman–Crippen LogP) is 2.90. The van der Waals surface area contributed by atoms with E-state index in [1.165, 1.54) is 0 Å². The van der Waals surface area contributed by atoms with E-state index in [-0.39, 0.29) is 11.5 Å². The molecule has 1 aliphatic rings. The fourth-order valence-corrected chi connectivity index (χ4v) is 2.12. The fourth-order valence-electron chi connectivity index (χ4n) is 2.12. The molecule has 2 atom stereocenters. The van der Waals surface area contributed by atoms with E-state index in [2.05, 4.69) is 6.92 Å². The highest BCUT2D eigenvalue weighted by Gasteiger charge is 2.34. The summed E-state index contributed by atoms with van der Waals surface area (Å²) >= 11 is 0. The van der Waals surface area contributed by atoms with E-state index >= 15 is 0 Å². The Labute approximate surface area is 103 Å². The van der Waals surface area contributed by atoms with Gasteiger partial charge in [0, 0.05) is 6.42 Å². The van der Waals surface area contributed by atoms with Crippen molar-refractivity contribution in [1.82, 2.24) is 0 Å². The summed E-state index contributed by atoms with van der Waals surface area (Å²) in [6, 6.07) is 0. The van der Waals surface area contributed by atoms with E-state index in [0.29, 0.717) is 6.42 Å². The molecule has 2 unspecified atom stereocenters. The molecule has 0 heterocycles. The van der Waals surface area contributed by atoms with Crippen molar-refractivity contribution < 1.29 is 15.0 Å². The lowest BCUT2D eigenvalue weighted by atomic mass is 9.82. The largest absolute Gasteiger partial charge is 0.511 e. The molecule has 1 aliphatic carbocycles. The number of hydrogen-bond acceptors (Lipinski definition) is 3. The summed E-state index contributed by atoms with van der Waals surface area (Å²) in [6.45, 7) is 5.70. The molecule has 96 valence electrons. The molecule has 3 heteroatoms. The number of rotatable bonds is 5. The van der Waals surface area contributed by atoms with Crippen molar-refractivity contribution in [1.29, 1.82) is 0 Å². The van der Waals surface area contributed by atoms with Gasteiger partial charge in [-0.2, -0.15) is 0 Å². The second kappa shape index (κ2) is 6.01. The van der Waals surface area contributed by atoms with Crippen LogP contribution >= 0.6 is 0 Å². The van der Waals surface area contributed by atoms with Crippen LogP contribution in [0.5, 0.6) is 0 Å². The molecule has 0 spiro atoms. The standard InChI is InChI=1S/C14H22O3/c1-4-5-6-7-11(15)13-12(16)8-9(2)10(3)14(13)17/h8,13-14,16-17H,4-7H2,1-3H3. The third kappa shape index (κ3) is 3.19. The van der Waals surface area contributed by atoms with Gasteiger partial charge in [0.05, 0.1) is 6.10 Å². The van der Waals surface area contributed by atoms with E-state index in [1.807, 2.05) is 6.92 Å². The zero-order valence-electron chi connectivity index (χ0n) is 10.9. The Morgan fingerprint density at radius 3 is 2.59 bits per heavy atom. The predicted molar refractivity (Wildman–Crippen MR) is 67.7 cm³/mol. The third-order valence-electron chi connectivity index (χ3n) is 3.44.